The molecule has 1 atom stereocenters. The predicted octanol–water partition coefficient (Wildman–Crippen LogP) is 1.24. The van der Waals surface area contributed by atoms with Crippen molar-refractivity contribution in [2.75, 3.05) is 32.1 Å². The summed E-state index contributed by atoms with van der Waals surface area (Å²) in [5.41, 5.74) is 2.69. The van der Waals surface area contributed by atoms with E-state index in [1.807, 2.05) is 0 Å². The van der Waals surface area contributed by atoms with E-state index in [-0.39, 0.29) is 0 Å². The quantitative estimate of drug-likeness (QED) is 0.643. The molecule has 2 N–H and O–H groups in total. The predicted molar refractivity (Wildman–Crippen MR) is 89.6 cm³/mol. The average molecular weight is 292 g/mol. The first-order chi connectivity index (χ1) is 9.59. The molecule has 0 saturated heterocycles. The van der Waals surface area contributed by atoms with E-state index in [0.717, 1.165) is 24.5 Å². The van der Waals surface area contributed by atoms with Gasteiger partial charge in [-0.25, -0.2) is 0 Å². The van der Waals surface area contributed by atoms with Gasteiger partial charge in [-0.2, -0.15) is 0 Å². The van der Waals surface area contributed by atoms with Crippen molar-refractivity contribution in [2.45, 2.75) is 32.2 Å². The summed E-state index contributed by atoms with van der Waals surface area (Å²) in [5.74, 6) is 0. The van der Waals surface area contributed by atoms with Gasteiger partial charge in [-0.05, 0) is 43.6 Å². The standard InChI is InChI=1S/C16H25N3S/c1-13-9-10-14-7-4-5-8-15(14)19(13)16(20)17-11-6-12-18(2)3/h4-5,7-8,13H,6,9-12H2,1-3H3,(H,17,20)/p+1/t13-/m0/s1. The van der Waals surface area contributed by atoms with Crippen LogP contribution in [0.2, 0.25) is 0 Å². The Bertz CT molecular complexity index is 459. The van der Waals surface area contributed by atoms with Gasteiger partial charge in [-0.1, -0.05) is 18.2 Å². The maximum atomic E-state index is 5.61. The van der Waals surface area contributed by atoms with Crippen molar-refractivity contribution in [3.63, 3.8) is 0 Å². The average Bonchev–Trinajstić information content (AvgIpc) is 2.43. The number of para-hydroxylation sites is 1. The Labute approximate surface area is 128 Å². The first-order valence-electron chi connectivity index (χ1n) is 7.53. The molecule has 0 saturated carbocycles. The topological polar surface area (TPSA) is 19.7 Å². The van der Waals surface area contributed by atoms with E-state index in [9.17, 15) is 0 Å². The van der Waals surface area contributed by atoms with E-state index in [1.54, 1.807) is 0 Å². The van der Waals surface area contributed by atoms with Gasteiger partial charge in [0.1, 0.15) is 0 Å². The van der Waals surface area contributed by atoms with Crippen molar-refractivity contribution in [3.8, 4) is 0 Å². The number of nitrogens with one attached hydrogen (secondary N) is 2. The molecule has 0 unspecified atom stereocenters. The molecule has 1 aliphatic rings. The number of benzene rings is 1. The fourth-order valence-corrected chi connectivity index (χ4v) is 3.10. The highest BCUT2D eigenvalue weighted by Crippen LogP contribution is 2.30. The molecule has 110 valence electrons. The highest BCUT2D eigenvalue weighted by atomic mass is 32.1. The molecule has 0 aliphatic carbocycles. The molecule has 3 nitrogen and oxygen atoms in total. The fourth-order valence-electron chi connectivity index (χ4n) is 2.72. The lowest BCUT2D eigenvalue weighted by Gasteiger charge is -2.37. The van der Waals surface area contributed by atoms with E-state index >= 15 is 0 Å². The summed E-state index contributed by atoms with van der Waals surface area (Å²) in [7, 11) is 4.36. The lowest BCUT2D eigenvalue weighted by Crippen LogP contribution is -3.05. The molecule has 0 amide bonds. The molecule has 2 rings (SSSR count). The van der Waals surface area contributed by atoms with Gasteiger partial charge in [0.15, 0.2) is 5.11 Å². The minimum absolute atomic E-state index is 0.476. The third-order valence-corrected chi connectivity index (χ3v) is 4.21. The Morgan fingerprint density at radius 3 is 2.90 bits per heavy atom. The van der Waals surface area contributed by atoms with E-state index < -0.39 is 0 Å². The van der Waals surface area contributed by atoms with Crippen molar-refractivity contribution < 1.29 is 4.90 Å². The summed E-state index contributed by atoms with van der Waals surface area (Å²) in [6.07, 6.45) is 3.47. The summed E-state index contributed by atoms with van der Waals surface area (Å²) < 4.78 is 0. The molecular formula is C16H26N3S+. The van der Waals surface area contributed by atoms with Gasteiger partial charge in [0.2, 0.25) is 0 Å². The Hall–Kier alpha value is -1.13. The highest BCUT2D eigenvalue weighted by molar-refractivity contribution is 7.80. The zero-order valence-electron chi connectivity index (χ0n) is 12.8. The Morgan fingerprint density at radius 2 is 2.15 bits per heavy atom. The molecular weight excluding hydrogens is 266 g/mol. The number of fused-ring (bicyclic) bond motifs is 1. The number of nitrogens with zero attached hydrogens (tertiary/aromatic N) is 1. The normalized spacial score (nSPS) is 18.0. The number of hydrogen-bond acceptors (Lipinski definition) is 1. The van der Waals surface area contributed by atoms with Gasteiger partial charge in [0.25, 0.3) is 0 Å². The lowest BCUT2D eigenvalue weighted by atomic mass is 9.97. The molecule has 0 radical (unpaired) electrons. The van der Waals surface area contributed by atoms with Crippen molar-refractivity contribution in [3.05, 3.63) is 29.8 Å². The van der Waals surface area contributed by atoms with Crippen LogP contribution < -0.4 is 15.1 Å². The minimum atomic E-state index is 0.476. The molecule has 1 heterocycles. The minimum Gasteiger partial charge on any atom is -0.362 e. The van der Waals surface area contributed by atoms with E-state index in [1.165, 1.54) is 29.1 Å². The first-order valence-corrected chi connectivity index (χ1v) is 7.94. The van der Waals surface area contributed by atoms with Crippen molar-refractivity contribution >= 4 is 23.0 Å². The van der Waals surface area contributed by atoms with Crippen LogP contribution in [0.25, 0.3) is 0 Å². The van der Waals surface area contributed by atoms with Crippen LogP contribution in [0.5, 0.6) is 0 Å². The second-order valence-electron chi connectivity index (χ2n) is 5.93. The smallest absolute Gasteiger partial charge is 0.173 e. The van der Waals surface area contributed by atoms with Crippen LogP contribution in [0.15, 0.2) is 24.3 Å². The van der Waals surface area contributed by atoms with Crippen molar-refractivity contribution in [1.82, 2.24) is 5.32 Å². The van der Waals surface area contributed by atoms with Crippen LogP contribution in [0, 0.1) is 0 Å². The first kappa shape index (κ1) is 15.3. The summed E-state index contributed by atoms with van der Waals surface area (Å²) >= 11 is 5.61. The van der Waals surface area contributed by atoms with Crippen LogP contribution >= 0.6 is 12.2 Å². The third-order valence-electron chi connectivity index (χ3n) is 3.87. The number of aryl methyl sites for hydroxylation is 1. The van der Waals surface area contributed by atoms with Crippen LogP contribution in [0.1, 0.15) is 25.3 Å². The second-order valence-corrected chi connectivity index (χ2v) is 6.32. The molecule has 1 aromatic rings. The number of quaternary nitrogens is 1. The lowest BCUT2D eigenvalue weighted by molar-refractivity contribution is -0.858. The third kappa shape index (κ3) is 3.70. The molecule has 0 spiro atoms. The molecule has 0 aromatic heterocycles. The summed E-state index contributed by atoms with van der Waals surface area (Å²) in [5, 5.41) is 4.30. The van der Waals surface area contributed by atoms with Crippen LogP contribution in [0.3, 0.4) is 0 Å². The molecule has 0 fully saturated rings. The van der Waals surface area contributed by atoms with Crippen LogP contribution in [-0.2, 0) is 6.42 Å². The number of thiocarbonyl (C=S) groups is 1. The fraction of sp³-hybridized carbons (Fsp3) is 0.562. The van der Waals surface area contributed by atoms with E-state index in [4.69, 9.17) is 12.2 Å². The Kier molecular flexibility index (Phi) is 5.38. The zero-order valence-corrected chi connectivity index (χ0v) is 13.6. The van der Waals surface area contributed by atoms with Gasteiger partial charge in [-0.3, -0.25) is 0 Å². The molecule has 4 heteroatoms. The van der Waals surface area contributed by atoms with Crippen LogP contribution in [-0.4, -0.2) is 38.3 Å². The molecule has 20 heavy (non-hydrogen) atoms. The number of anilines is 1. The van der Waals surface area contributed by atoms with E-state index in [0.29, 0.717) is 6.04 Å². The van der Waals surface area contributed by atoms with Crippen molar-refractivity contribution in [2.24, 2.45) is 0 Å². The summed E-state index contributed by atoms with van der Waals surface area (Å²) in [4.78, 5) is 3.77. The highest BCUT2D eigenvalue weighted by Gasteiger charge is 2.25. The van der Waals surface area contributed by atoms with Gasteiger partial charge >= 0.3 is 0 Å². The van der Waals surface area contributed by atoms with E-state index in [2.05, 4.69) is 55.5 Å². The second kappa shape index (κ2) is 7.04. The summed E-state index contributed by atoms with van der Waals surface area (Å²) in [6, 6.07) is 9.09. The monoisotopic (exact) mass is 292 g/mol. The van der Waals surface area contributed by atoms with Gasteiger partial charge < -0.3 is 15.1 Å². The molecule has 1 aliphatic heterocycles. The largest absolute Gasteiger partial charge is 0.362 e. The van der Waals surface area contributed by atoms with Gasteiger partial charge in [-0.15, -0.1) is 0 Å². The number of hydrogen-bond donors (Lipinski definition) is 2. The van der Waals surface area contributed by atoms with Gasteiger partial charge in [0.05, 0.1) is 20.6 Å². The maximum absolute atomic E-state index is 5.61. The zero-order chi connectivity index (χ0) is 14.5. The maximum Gasteiger partial charge on any atom is 0.173 e. The molecule has 0 bridgehead atoms. The SMILES string of the molecule is C[C@H]1CCc2ccccc2N1C(=S)NCCC[NH+](C)C. The van der Waals surface area contributed by atoms with Gasteiger partial charge in [0, 0.05) is 24.7 Å². The molecule has 1 aromatic carbocycles. The Morgan fingerprint density at radius 1 is 1.40 bits per heavy atom. The van der Waals surface area contributed by atoms with Crippen LogP contribution in [0.4, 0.5) is 5.69 Å². The summed E-state index contributed by atoms with van der Waals surface area (Å²) in [6.45, 7) is 4.38. The van der Waals surface area contributed by atoms with Crippen molar-refractivity contribution in [1.29, 1.82) is 0 Å². The Balaban J connectivity index is 1.98. The number of rotatable bonds is 4.